The van der Waals surface area contributed by atoms with Crippen LogP contribution in [-0.2, 0) is 0 Å². The van der Waals surface area contributed by atoms with E-state index in [1.54, 1.807) is 24.3 Å². The number of phenols is 1. The van der Waals surface area contributed by atoms with Gasteiger partial charge in [0, 0.05) is 10.6 Å². The topological polar surface area (TPSA) is 61.7 Å². The molecule has 0 atom stereocenters. The van der Waals surface area contributed by atoms with Crippen LogP contribution >= 0.6 is 11.6 Å². The molecular weight excluding hydrogens is 264 g/mol. The molecule has 19 heavy (non-hydrogen) atoms. The molecule has 2 N–H and O–H groups in total. The number of halogens is 1. The molecule has 0 unspecified atom stereocenters. The average molecular weight is 275 g/mol. The zero-order chi connectivity index (χ0) is 13.7. The van der Waals surface area contributed by atoms with Gasteiger partial charge >= 0.3 is 0 Å². The SMILES string of the molecule is O=C(NN=Cc1ccc(Cl)cc1)c1ccc(O)cc1. The molecule has 0 spiro atoms. The van der Waals surface area contributed by atoms with Gasteiger partial charge in [0.2, 0.25) is 0 Å². The highest BCUT2D eigenvalue weighted by Crippen LogP contribution is 2.09. The molecule has 2 aromatic carbocycles. The smallest absolute Gasteiger partial charge is 0.271 e. The van der Waals surface area contributed by atoms with Gasteiger partial charge in [-0.3, -0.25) is 4.79 Å². The molecule has 2 aromatic rings. The molecule has 0 saturated heterocycles. The number of nitrogens with zero attached hydrogens (tertiary/aromatic N) is 1. The third-order valence-electron chi connectivity index (χ3n) is 2.38. The molecule has 0 saturated carbocycles. The zero-order valence-electron chi connectivity index (χ0n) is 9.88. The molecule has 4 nitrogen and oxygen atoms in total. The summed E-state index contributed by atoms with van der Waals surface area (Å²) in [4.78, 5) is 11.7. The van der Waals surface area contributed by atoms with Gasteiger partial charge in [0.05, 0.1) is 6.21 Å². The molecule has 5 heteroatoms. The summed E-state index contributed by atoms with van der Waals surface area (Å²) in [6.45, 7) is 0. The van der Waals surface area contributed by atoms with Crippen molar-refractivity contribution in [3.8, 4) is 5.75 Å². The Hall–Kier alpha value is -2.33. The maximum atomic E-state index is 11.7. The third kappa shape index (κ3) is 3.82. The van der Waals surface area contributed by atoms with Gasteiger partial charge in [-0.05, 0) is 42.0 Å². The molecule has 0 aliphatic heterocycles. The number of benzene rings is 2. The lowest BCUT2D eigenvalue weighted by molar-refractivity contribution is 0.0955. The van der Waals surface area contributed by atoms with Crippen molar-refractivity contribution in [2.45, 2.75) is 0 Å². The van der Waals surface area contributed by atoms with Gasteiger partial charge in [-0.25, -0.2) is 5.43 Å². The van der Waals surface area contributed by atoms with Crippen LogP contribution in [0.5, 0.6) is 5.75 Å². The fourth-order valence-electron chi connectivity index (χ4n) is 1.39. The van der Waals surface area contributed by atoms with E-state index in [0.29, 0.717) is 10.6 Å². The number of hydrogen-bond acceptors (Lipinski definition) is 3. The van der Waals surface area contributed by atoms with E-state index < -0.39 is 0 Å². The van der Waals surface area contributed by atoms with Crippen LogP contribution in [0.3, 0.4) is 0 Å². The van der Waals surface area contributed by atoms with Crippen molar-refractivity contribution in [2.75, 3.05) is 0 Å². The van der Waals surface area contributed by atoms with Crippen molar-refractivity contribution in [3.63, 3.8) is 0 Å². The number of carbonyl (C=O) groups is 1. The van der Waals surface area contributed by atoms with Crippen LogP contribution in [-0.4, -0.2) is 17.2 Å². The monoisotopic (exact) mass is 274 g/mol. The fraction of sp³-hybridized carbons (Fsp3) is 0. The Morgan fingerprint density at radius 2 is 1.74 bits per heavy atom. The first-order valence-electron chi connectivity index (χ1n) is 5.53. The van der Waals surface area contributed by atoms with E-state index in [2.05, 4.69) is 10.5 Å². The van der Waals surface area contributed by atoms with Crippen LogP contribution in [0.2, 0.25) is 5.02 Å². The predicted octanol–water partition coefficient (Wildman–Crippen LogP) is 2.81. The van der Waals surface area contributed by atoms with E-state index in [0.717, 1.165) is 5.56 Å². The van der Waals surface area contributed by atoms with Crippen LogP contribution in [0.4, 0.5) is 0 Å². The second-order valence-electron chi connectivity index (χ2n) is 3.80. The number of hydrazone groups is 1. The molecule has 0 aliphatic carbocycles. The summed E-state index contributed by atoms with van der Waals surface area (Å²) in [7, 11) is 0. The van der Waals surface area contributed by atoms with Crippen LogP contribution in [0.15, 0.2) is 53.6 Å². The van der Waals surface area contributed by atoms with Crippen LogP contribution in [0.1, 0.15) is 15.9 Å². The molecule has 0 bridgehead atoms. The van der Waals surface area contributed by atoms with Gasteiger partial charge in [-0.15, -0.1) is 0 Å². The van der Waals surface area contributed by atoms with E-state index in [4.69, 9.17) is 16.7 Å². The Morgan fingerprint density at radius 3 is 2.37 bits per heavy atom. The molecule has 0 heterocycles. The average Bonchev–Trinajstić information content (AvgIpc) is 2.41. The summed E-state index contributed by atoms with van der Waals surface area (Å²) in [5.74, 6) is -0.230. The first kappa shape index (κ1) is 13.1. The number of aromatic hydroxyl groups is 1. The Kier molecular flexibility index (Phi) is 4.15. The highest BCUT2D eigenvalue weighted by Gasteiger charge is 2.02. The van der Waals surface area contributed by atoms with Crippen molar-refractivity contribution in [1.82, 2.24) is 5.43 Å². The van der Waals surface area contributed by atoms with Crippen LogP contribution < -0.4 is 5.43 Å². The van der Waals surface area contributed by atoms with Gasteiger partial charge < -0.3 is 5.11 Å². The van der Waals surface area contributed by atoms with Crippen molar-refractivity contribution in [2.24, 2.45) is 5.10 Å². The lowest BCUT2D eigenvalue weighted by Gasteiger charge is -1.99. The van der Waals surface area contributed by atoms with Gasteiger partial charge in [0.25, 0.3) is 5.91 Å². The molecular formula is C14H11ClN2O2. The quantitative estimate of drug-likeness (QED) is 0.668. The standard InChI is InChI=1S/C14H11ClN2O2/c15-12-5-1-10(2-6-12)9-16-17-14(19)11-3-7-13(18)8-4-11/h1-9,18H,(H,17,19). The number of phenolic OH excluding ortho intramolecular Hbond substituents is 1. The van der Waals surface area contributed by atoms with Crippen LogP contribution in [0, 0.1) is 0 Å². The summed E-state index contributed by atoms with van der Waals surface area (Å²) < 4.78 is 0. The van der Waals surface area contributed by atoms with Gasteiger partial charge in [0.1, 0.15) is 5.75 Å². The molecule has 2 rings (SSSR count). The largest absolute Gasteiger partial charge is 0.508 e. The van der Waals surface area contributed by atoms with E-state index in [1.165, 1.54) is 30.5 Å². The molecule has 0 aliphatic rings. The predicted molar refractivity (Wildman–Crippen MR) is 74.6 cm³/mol. The number of rotatable bonds is 3. The van der Waals surface area contributed by atoms with E-state index in [-0.39, 0.29) is 11.7 Å². The van der Waals surface area contributed by atoms with E-state index in [9.17, 15) is 4.79 Å². The summed E-state index contributed by atoms with van der Waals surface area (Å²) >= 11 is 5.75. The second kappa shape index (κ2) is 6.02. The minimum atomic E-state index is -0.342. The minimum Gasteiger partial charge on any atom is -0.508 e. The normalized spacial score (nSPS) is 10.6. The molecule has 1 amide bonds. The van der Waals surface area contributed by atoms with Gasteiger partial charge in [0.15, 0.2) is 0 Å². The third-order valence-corrected chi connectivity index (χ3v) is 2.63. The maximum Gasteiger partial charge on any atom is 0.271 e. The summed E-state index contributed by atoms with van der Waals surface area (Å²) in [6, 6.07) is 13.0. The number of hydrogen-bond donors (Lipinski definition) is 2. The fourth-order valence-corrected chi connectivity index (χ4v) is 1.52. The summed E-state index contributed by atoms with van der Waals surface area (Å²) in [6.07, 6.45) is 1.52. The van der Waals surface area contributed by atoms with Crippen molar-refractivity contribution < 1.29 is 9.90 Å². The molecule has 0 fully saturated rings. The van der Waals surface area contributed by atoms with Crippen LogP contribution in [0.25, 0.3) is 0 Å². The van der Waals surface area contributed by atoms with Crippen molar-refractivity contribution >= 4 is 23.7 Å². The summed E-state index contributed by atoms with van der Waals surface area (Å²) in [5, 5.41) is 13.6. The first-order valence-corrected chi connectivity index (χ1v) is 5.91. The number of carbonyl (C=O) groups excluding carboxylic acids is 1. The zero-order valence-corrected chi connectivity index (χ0v) is 10.6. The maximum absolute atomic E-state index is 11.7. The number of amides is 1. The molecule has 0 radical (unpaired) electrons. The van der Waals surface area contributed by atoms with E-state index >= 15 is 0 Å². The Labute approximate surface area is 115 Å². The molecule has 0 aromatic heterocycles. The van der Waals surface area contributed by atoms with Crippen molar-refractivity contribution in [1.29, 1.82) is 0 Å². The lowest BCUT2D eigenvalue weighted by Crippen LogP contribution is -2.17. The first-order chi connectivity index (χ1) is 9.15. The van der Waals surface area contributed by atoms with Gasteiger partial charge in [-0.2, -0.15) is 5.10 Å². The van der Waals surface area contributed by atoms with E-state index in [1.807, 2.05) is 0 Å². The highest BCUT2D eigenvalue weighted by atomic mass is 35.5. The number of nitrogens with one attached hydrogen (secondary N) is 1. The van der Waals surface area contributed by atoms with Gasteiger partial charge in [-0.1, -0.05) is 23.7 Å². The van der Waals surface area contributed by atoms with Crippen molar-refractivity contribution in [3.05, 3.63) is 64.7 Å². The lowest BCUT2D eigenvalue weighted by atomic mass is 10.2. The Balaban J connectivity index is 1.96. The summed E-state index contributed by atoms with van der Waals surface area (Å²) in [5.41, 5.74) is 3.65. The molecule has 96 valence electrons. The Morgan fingerprint density at radius 1 is 1.11 bits per heavy atom. The Bertz CT molecular complexity index is 592. The second-order valence-corrected chi connectivity index (χ2v) is 4.23. The minimum absolute atomic E-state index is 0.112. The highest BCUT2D eigenvalue weighted by molar-refractivity contribution is 6.30.